The Kier molecular flexibility index (Phi) is 5.96. The van der Waals surface area contributed by atoms with Crippen LogP contribution in [0.1, 0.15) is 12.0 Å². The van der Waals surface area contributed by atoms with E-state index in [-0.39, 0.29) is 16.8 Å². The third kappa shape index (κ3) is 4.66. The van der Waals surface area contributed by atoms with Crippen LogP contribution >= 0.6 is 11.6 Å². The second kappa shape index (κ2) is 7.73. The molecule has 0 saturated carbocycles. The number of carbonyl (C=O) groups is 1. The molecule has 0 aromatic heterocycles. The summed E-state index contributed by atoms with van der Waals surface area (Å²) < 4.78 is 18.0. The Bertz CT molecular complexity index is 491. The SMILES string of the molecule is COC(=O)CCN1CCN(Cc2cccc(F)c2Cl)CC1. The Morgan fingerprint density at radius 1 is 1.29 bits per heavy atom. The number of halogens is 2. The van der Waals surface area contributed by atoms with Gasteiger partial charge in [0.15, 0.2) is 0 Å². The lowest BCUT2D eigenvalue weighted by Gasteiger charge is -2.34. The lowest BCUT2D eigenvalue weighted by atomic mass is 10.2. The fraction of sp³-hybridized carbons (Fsp3) is 0.533. The van der Waals surface area contributed by atoms with Crippen molar-refractivity contribution in [1.82, 2.24) is 9.80 Å². The molecule has 1 aromatic carbocycles. The van der Waals surface area contributed by atoms with Gasteiger partial charge in [0.05, 0.1) is 18.6 Å². The largest absolute Gasteiger partial charge is 0.469 e. The van der Waals surface area contributed by atoms with Crippen molar-refractivity contribution in [2.45, 2.75) is 13.0 Å². The Labute approximate surface area is 129 Å². The van der Waals surface area contributed by atoms with Gasteiger partial charge >= 0.3 is 5.97 Å². The zero-order valence-corrected chi connectivity index (χ0v) is 12.9. The van der Waals surface area contributed by atoms with Crippen LogP contribution in [0.2, 0.25) is 5.02 Å². The van der Waals surface area contributed by atoms with Gasteiger partial charge in [-0.1, -0.05) is 23.7 Å². The number of carbonyl (C=O) groups excluding carboxylic acids is 1. The first-order valence-corrected chi connectivity index (χ1v) is 7.42. The molecule has 0 radical (unpaired) electrons. The normalized spacial score (nSPS) is 16.9. The van der Waals surface area contributed by atoms with Crippen molar-refractivity contribution < 1.29 is 13.9 Å². The maximum atomic E-state index is 13.4. The van der Waals surface area contributed by atoms with E-state index in [1.807, 2.05) is 6.07 Å². The molecule has 1 aliphatic rings. The van der Waals surface area contributed by atoms with E-state index in [0.717, 1.165) is 38.3 Å². The van der Waals surface area contributed by atoms with Crippen molar-refractivity contribution in [3.63, 3.8) is 0 Å². The first-order chi connectivity index (χ1) is 10.1. The summed E-state index contributed by atoms with van der Waals surface area (Å²) >= 11 is 5.98. The number of methoxy groups -OCH3 is 1. The summed E-state index contributed by atoms with van der Waals surface area (Å²) in [6, 6.07) is 4.91. The Morgan fingerprint density at radius 3 is 2.62 bits per heavy atom. The minimum absolute atomic E-state index is 0.177. The molecule has 0 N–H and O–H groups in total. The molecule has 0 bridgehead atoms. The summed E-state index contributed by atoms with van der Waals surface area (Å²) in [5.74, 6) is -0.546. The van der Waals surface area contributed by atoms with Crippen LogP contribution in [0.4, 0.5) is 4.39 Å². The quantitative estimate of drug-likeness (QED) is 0.780. The standard InChI is InChI=1S/C15H20ClFN2O2/c1-21-14(20)5-6-18-7-9-19(10-8-18)11-12-3-2-4-13(17)15(12)16/h2-4H,5-11H2,1H3. The molecule has 1 heterocycles. The predicted molar refractivity (Wildman–Crippen MR) is 79.8 cm³/mol. The molecule has 4 nitrogen and oxygen atoms in total. The average Bonchev–Trinajstić information content (AvgIpc) is 2.51. The first kappa shape index (κ1) is 16.2. The van der Waals surface area contributed by atoms with E-state index in [0.29, 0.717) is 13.0 Å². The summed E-state index contributed by atoms with van der Waals surface area (Å²) in [5.41, 5.74) is 0.819. The lowest BCUT2D eigenvalue weighted by Crippen LogP contribution is -2.46. The molecule has 1 aliphatic heterocycles. The minimum Gasteiger partial charge on any atom is -0.469 e. The van der Waals surface area contributed by atoms with Crippen LogP contribution in [0, 0.1) is 5.82 Å². The summed E-state index contributed by atoms with van der Waals surface area (Å²) in [4.78, 5) is 15.6. The molecule has 0 spiro atoms. The van der Waals surface area contributed by atoms with Crippen LogP contribution in [0.5, 0.6) is 0 Å². The fourth-order valence-corrected chi connectivity index (χ4v) is 2.62. The summed E-state index contributed by atoms with van der Waals surface area (Å²) in [6.07, 6.45) is 0.423. The van der Waals surface area contributed by atoms with Gasteiger partial charge < -0.3 is 9.64 Å². The van der Waals surface area contributed by atoms with Crippen LogP contribution in [-0.2, 0) is 16.1 Å². The topological polar surface area (TPSA) is 32.8 Å². The predicted octanol–water partition coefficient (Wildman–Crippen LogP) is 2.16. The average molecular weight is 315 g/mol. The summed E-state index contributed by atoms with van der Waals surface area (Å²) in [7, 11) is 1.41. The highest BCUT2D eigenvalue weighted by Gasteiger charge is 2.18. The van der Waals surface area contributed by atoms with Crippen LogP contribution in [0.3, 0.4) is 0 Å². The van der Waals surface area contributed by atoms with E-state index < -0.39 is 0 Å². The Hall–Kier alpha value is -1.17. The number of ether oxygens (including phenoxy) is 1. The molecule has 116 valence electrons. The molecule has 1 fully saturated rings. The molecule has 2 rings (SSSR count). The highest BCUT2D eigenvalue weighted by molar-refractivity contribution is 6.31. The Morgan fingerprint density at radius 2 is 1.95 bits per heavy atom. The van der Waals surface area contributed by atoms with Crippen LogP contribution in [0.25, 0.3) is 0 Å². The molecular weight excluding hydrogens is 295 g/mol. The zero-order chi connectivity index (χ0) is 15.2. The van der Waals surface area contributed by atoms with Crippen molar-refractivity contribution >= 4 is 17.6 Å². The molecule has 1 saturated heterocycles. The van der Waals surface area contributed by atoms with E-state index in [2.05, 4.69) is 14.5 Å². The summed E-state index contributed by atoms with van der Waals surface area (Å²) in [6.45, 7) is 4.93. The van der Waals surface area contributed by atoms with Gasteiger partial charge in [-0.3, -0.25) is 9.69 Å². The molecule has 0 unspecified atom stereocenters. The van der Waals surface area contributed by atoms with E-state index in [4.69, 9.17) is 11.6 Å². The number of piperazine rings is 1. The smallest absolute Gasteiger partial charge is 0.306 e. The molecule has 21 heavy (non-hydrogen) atoms. The van der Waals surface area contributed by atoms with Crippen LogP contribution in [-0.4, -0.2) is 55.6 Å². The molecule has 6 heteroatoms. The number of benzene rings is 1. The van der Waals surface area contributed by atoms with Gasteiger partial charge in [0, 0.05) is 39.3 Å². The van der Waals surface area contributed by atoms with Crippen molar-refractivity contribution in [3.05, 3.63) is 34.6 Å². The molecule has 1 aromatic rings. The minimum atomic E-state index is -0.370. The molecular formula is C15H20ClFN2O2. The zero-order valence-electron chi connectivity index (χ0n) is 12.1. The number of hydrogen-bond acceptors (Lipinski definition) is 4. The second-order valence-corrected chi connectivity index (χ2v) is 5.53. The van der Waals surface area contributed by atoms with Crippen molar-refractivity contribution in [3.8, 4) is 0 Å². The molecule has 0 atom stereocenters. The third-order valence-electron chi connectivity index (χ3n) is 3.75. The number of nitrogens with zero attached hydrogens (tertiary/aromatic N) is 2. The second-order valence-electron chi connectivity index (χ2n) is 5.16. The number of hydrogen-bond donors (Lipinski definition) is 0. The monoisotopic (exact) mass is 314 g/mol. The van der Waals surface area contributed by atoms with Gasteiger partial charge in [-0.25, -0.2) is 4.39 Å². The Balaban J connectivity index is 1.79. The van der Waals surface area contributed by atoms with Crippen molar-refractivity contribution in [2.24, 2.45) is 0 Å². The lowest BCUT2D eigenvalue weighted by molar-refractivity contribution is -0.141. The third-order valence-corrected chi connectivity index (χ3v) is 4.17. The van der Waals surface area contributed by atoms with E-state index in [1.165, 1.54) is 13.2 Å². The van der Waals surface area contributed by atoms with Gasteiger partial charge in [-0.2, -0.15) is 0 Å². The maximum absolute atomic E-state index is 13.4. The van der Waals surface area contributed by atoms with E-state index in [9.17, 15) is 9.18 Å². The number of esters is 1. The molecule has 0 amide bonds. The summed E-state index contributed by atoms with van der Waals surface area (Å²) in [5, 5.41) is 0.214. The van der Waals surface area contributed by atoms with E-state index >= 15 is 0 Å². The van der Waals surface area contributed by atoms with Crippen LogP contribution in [0.15, 0.2) is 18.2 Å². The molecule has 0 aliphatic carbocycles. The highest BCUT2D eigenvalue weighted by Crippen LogP contribution is 2.21. The van der Waals surface area contributed by atoms with Crippen LogP contribution < -0.4 is 0 Å². The van der Waals surface area contributed by atoms with Gasteiger partial charge in [0.1, 0.15) is 5.82 Å². The highest BCUT2D eigenvalue weighted by atomic mass is 35.5. The van der Waals surface area contributed by atoms with Gasteiger partial charge in [0.2, 0.25) is 0 Å². The van der Waals surface area contributed by atoms with Gasteiger partial charge in [0.25, 0.3) is 0 Å². The number of rotatable bonds is 5. The maximum Gasteiger partial charge on any atom is 0.306 e. The fourth-order valence-electron chi connectivity index (χ4n) is 2.43. The van der Waals surface area contributed by atoms with Crippen molar-refractivity contribution in [2.75, 3.05) is 39.8 Å². The van der Waals surface area contributed by atoms with E-state index in [1.54, 1.807) is 6.07 Å². The van der Waals surface area contributed by atoms with Gasteiger partial charge in [-0.15, -0.1) is 0 Å². The first-order valence-electron chi connectivity index (χ1n) is 7.04. The van der Waals surface area contributed by atoms with Crippen molar-refractivity contribution in [1.29, 1.82) is 0 Å². The van der Waals surface area contributed by atoms with Gasteiger partial charge in [-0.05, 0) is 11.6 Å².